The Morgan fingerprint density at radius 1 is 0.941 bits per heavy atom. The Bertz CT molecular complexity index is 734. The molecule has 1 aromatic heterocycles. The van der Waals surface area contributed by atoms with Crippen LogP contribution in [-0.4, -0.2) is 11.0 Å². The van der Waals surface area contributed by atoms with Gasteiger partial charge in [-0.15, -0.1) is 0 Å². The Labute approximate surface area is 97.3 Å². The van der Waals surface area contributed by atoms with E-state index in [1.807, 2.05) is 30.3 Å². The van der Waals surface area contributed by atoms with Crippen molar-refractivity contribution in [3.63, 3.8) is 0 Å². The largest absolute Gasteiger partial charge is 0.387 e. The van der Waals surface area contributed by atoms with Gasteiger partial charge in [-0.1, -0.05) is 24.3 Å². The maximum absolute atomic E-state index is 11.0. The van der Waals surface area contributed by atoms with Gasteiger partial charge < -0.3 is 0 Å². The van der Waals surface area contributed by atoms with Gasteiger partial charge in [0.25, 0.3) is 0 Å². The summed E-state index contributed by atoms with van der Waals surface area (Å²) in [6, 6.07) is 14.5. The Kier molecular flexibility index (Phi) is 2.05. The summed E-state index contributed by atoms with van der Waals surface area (Å²) in [6.07, 6.45) is 0. The fourth-order valence-electron chi connectivity index (χ4n) is 1.98. The molecule has 17 heavy (non-hydrogen) atoms. The van der Waals surface area contributed by atoms with Crippen LogP contribution in [0.3, 0.4) is 0 Å². The first-order valence-corrected chi connectivity index (χ1v) is 5.25. The van der Waals surface area contributed by atoms with Gasteiger partial charge in [0.15, 0.2) is 0 Å². The third kappa shape index (κ3) is 1.52. The number of nitrogens with zero attached hydrogens (tertiary/aromatic N) is 1. The number of fused-ring (bicyclic) bond motifs is 2. The van der Waals surface area contributed by atoms with Crippen molar-refractivity contribution in [3.8, 4) is 0 Å². The molecule has 3 nitrogen and oxygen atoms in total. The van der Waals surface area contributed by atoms with Crippen LogP contribution in [0.15, 0.2) is 48.5 Å². The molecule has 0 spiro atoms. The van der Waals surface area contributed by atoms with Crippen LogP contribution in [-0.2, 0) is 5.11 Å². The van der Waals surface area contributed by atoms with Crippen molar-refractivity contribution in [3.05, 3.63) is 54.1 Å². The van der Waals surface area contributed by atoms with E-state index in [2.05, 4.69) is 4.98 Å². The van der Waals surface area contributed by atoms with Gasteiger partial charge >= 0.3 is 5.97 Å². The van der Waals surface area contributed by atoms with Gasteiger partial charge in [0.1, 0.15) is 0 Å². The van der Waals surface area contributed by atoms with E-state index in [0.29, 0.717) is 10.9 Å². The summed E-state index contributed by atoms with van der Waals surface area (Å²) in [5, 5.41) is 12.6. The second-order valence-electron chi connectivity index (χ2n) is 3.84. The van der Waals surface area contributed by atoms with Gasteiger partial charge in [-0.3, -0.25) is 0 Å². The number of hydrogen-bond donors (Lipinski definition) is 0. The molecule has 2 aromatic carbocycles. The Balaban J connectivity index is 2.47. The Morgan fingerprint density at radius 3 is 2.53 bits per heavy atom. The quantitative estimate of drug-likeness (QED) is 0.594. The lowest BCUT2D eigenvalue weighted by Gasteiger charge is -2.03. The van der Waals surface area contributed by atoms with Crippen LogP contribution in [0, 0.1) is 0 Å². The van der Waals surface area contributed by atoms with Crippen molar-refractivity contribution in [2.45, 2.75) is 0 Å². The number of carbonyl (C=O) groups excluding carboxylic acids is 1. The maximum atomic E-state index is 11.0. The summed E-state index contributed by atoms with van der Waals surface area (Å²) in [5.74, 6) is -1.17. The lowest BCUT2D eigenvalue weighted by atomic mass is 10.1. The van der Waals surface area contributed by atoms with Crippen molar-refractivity contribution in [2.75, 3.05) is 0 Å². The van der Waals surface area contributed by atoms with Crippen molar-refractivity contribution in [1.29, 1.82) is 0 Å². The van der Waals surface area contributed by atoms with Crippen molar-refractivity contribution >= 4 is 27.8 Å². The van der Waals surface area contributed by atoms with E-state index in [0.717, 1.165) is 10.9 Å². The number of carbonyl (C=O) groups is 1. The summed E-state index contributed by atoms with van der Waals surface area (Å²) in [5.41, 5.74) is 1.71. The highest BCUT2D eigenvalue weighted by Crippen LogP contribution is 2.22. The molecule has 3 aromatic rings. The fourth-order valence-corrected chi connectivity index (χ4v) is 1.98. The molecular weight excluding hydrogens is 214 g/mol. The molecule has 0 N–H and O–H groups in total. The molecule has 81 valence electrons. The molecule has 0 aliphatic carbocycles. The summed E-state index contributed by atoms with van der Waals surface area (Å²) in [4.78, 5) is 15.4. The number of hydrogen-bond acceptors (Lipinski definition) is 2. The molecule has 1 radical (unpaired) electrons. The molecule has 3 heteroatoms. The topological polar surface area (TPSA) is 49.9 Å². The van der Waals surface area contributed by atoms with Crippen molar-refractivity contribution in [2.24, 2.45) is 0 Å². The zero-order chi connectivity index (χ0) is 11.8. The van der Waals surface area contributed by atoms with Gasteiger partial charge in [-0.2, -0.15) is 0 Å². The molecule has 1 heterocycles. The molecule has 3 rings (SSSR count). The van der Waals surface area contributed by atoms with E-state index in [9.17, 15) is 9.90 Å². The van der Waals surface area contributed by atoms with Crippen LogP contribution in [0.4, 0.5) is 0 Å². The monoisotopic (exact) mass is 222 g/mol. The standard InChI is InChI=1S/C14H8NO2/c16-14(17)10-5-3-7-13-11(10)8-9-4-1-2-6-12(9)15-13/h1-8H. The second-order valence-corrected chi connectivity index (χ2v) is 3.84. The van der Waals surface area contributed by atoms with Crippen LogP contribution in [0.25, 0.3) is 21.8 Å². The number of pyridine rings is 1. The molecular formula is C14H8NO2. The molecule has 0 saturated carbocycles. The van der Waals surface area contributed by atoms with Crippen LogP contribution >= 0.6 is 0 Å². The first kappa shape index (κ1) is 9.78. The maximum Gasteiger partial charge on any atom is 0.387 e. The third-order valence-corrected chi connectivity index (χ3v) is 2.78. The van der Waals surface area contributed by atoms with Gasteiger partial charge in [-0.05, 0) is 24.3 Å². The molecule has 0 fully saturated rings. The van der Waals surface area contributed by atoms with Crippen LogP contribution in [0.1, 0.15) is 10.4 Å². The third-order valence-electron chi connectivity index (χ3n) is 2.78. The number of rotatable bonds is 1. The zero-order valence-electron chi connectivity index (χ0n) is 8.88. The summed E-state index contributed by atoms with van der Waals surface area (Å²) in [6.45, 7) is 0. The van der Waals surface area contributed by atoms with E-state index >= 15 is 0 Å². The predicted octanol–water partition coefficient (Wildman–Crippen LogP) is 2.96. The normalized spacial score (nSPS) is 10.8. The van der Waals surface area contributed by atoms with E-state index in [1.54, 1.807) is 12.1 Å². The van der Waals surface area contributed by atoms with Crippen molar-refractivity contribution < 1.29 is 9.90 Å². The molecule has 0 amide bonds. The molecule has 0 aliphatic heterocycles. The van der Waals surface area contributed by atoms with E-state index in [-0.39, 0.29) is 5.56 Å². The minimum Gasteiger partial charge on any atom is -0.248 e. The fraction of sp³-hybridized carbons (Fsp3) is 0. The van der Waals surface area contributed by atoms with Crippen LogP contribution in [0.2, 0.25) is 0 Å². The average Bonchev–Trinajstić information content (AvgIpc) is 2.35. The Hall–Kier alpha value is -2.42. The van der Waals surface area contributed by atoms with E-state index < -0.39 is 5.97 Å². The van der Waals surface area contributed by atoms with Crippen LogP contribution < -0.4 is 0 Å². The highest BCUT2D eigenvalue weighted by atomic mass is 16.4. The summed E-state index contributed by atoms with van der Waals surface area (Å²) < 4.78 is 0. The minimum atomic E-state index is -1.17. The first-order valence-electron chi connectivity index (χ1n) is 5.25. The summed E-state index contributed by atoms with van der Waals surface area (Å²) >= 11 is 0. The van der Waals surface area contributed by atoms with Gasteiger partial charge in [-0.25, -0.2) is 14.9 Å². The smallest absolute Gasteiger partial charge is 0.248 e. The number of benzene rings is 2. The van der Waals surface area contributed by atoms with Crippen molar-refractivity contribution in [1.82, 2.24) is 4.98 Å². The van der Waals surface area contributed by atoms with Gasteiger partial charge in [0.2, 0.25) is 0 Å². The molecule has 0 aliphatic rings. The van der Waals surface area contributed by atoms with Crippen LogP contribution in [0.5, 0.6) is 0 Å². The lowest BCUT2D eigenvalue weighted by Crippen LogP contribution is -1.96. The number of para-hydroxylation sites is 1. The highest BCUT2D eigenvalue weighted by Gasteiger charge is 2.10. The summed E-state index contributed by atoms with van der Waals surface area (Å²) in [7, 11) is 0. The zero-order valence-corrected chi connectivity index (χ0v) is 8.88. The number of aromatic nitrogens is 1. The van der Waals surface area contributed by atoms with Gasteiger partial charge in [0.05, 0.1) is 16.6 Å². The molecule has 0 bridgehead atoms. The lowest BCUT2D eigenvalue weighted by molar-refractivity contribution is 0.0575. The van der Waals surface area contributed by atoms with E-state index in [4.69, 9.17) is 0 Å². The second kappa shape index (κ2) is 3.56. The SMILES string of the molecule is [O]C(=O)c1cccc2nc3ccccc3cc12. The highest BCUT2D eigenvalue weighted by molar-refractivity contribution is 6.05. The van der Waals surface area contributed by atoms with E-state index in [1.165, 1.54) is 6.07 Å². The molecule has 0 atom stereocenters. The first-order chi connectivity index (χ1) is 8.25. The molecule has 0 unspecified atom stereocenters. The minimum absolute atomic E-state index is 0.181. The molecule has 0 saturated heterocycles. The van der Waals surface area contributed by atoms with Gasteiger partial charge in [0, 0.05) is 10.8 Å². The average molecular weight is 222 g/mol. The Morgan fingerprint density at radius 2 is 1.71 bits per heavy atom. The predicted molar refractivity (Wildman–Crippen MR) is 64.3 cm³/mol.